The van der Waals surface area contributed by atoms with Crippen LogP contribution in [-0.4, -0.2) is 53.6 Å². The molecule has 0 bridgehead atoms. The maximum absolute atomic E-state index is 11.9. The first-order valence-corrected chi connectivity index (χ1v) is 6.52. The summed E-state index contributed by atoms with van der Waals surface area (Å²) in [6, 6.07) is 0. The summed E-state index contributed by atoms with van der Waals surface area (Å²) in [7, 11) is 0. The Labute approximate surface area is 114 Å². The number of nitrogens with zero attached hydrogens (tertiary/aromatic N) is 2. The third-order valence-electron chi connectivity index (χ3n) is 2.72. The average molecular weight is 266 g/mol. The summed E-state index contributed by atoms with van der Waals surface area (Å²) in [4.78, 5) is 26.9. The van der Waals surface area contributed by atoms with Crippen LogP contribution in [0.25, 0.3) is 0 Å². The highest BCUT2D eigenvalue weighted by Crippen LogP contribution is 2.12. The summed E-state index contributed by atoms with van der Waals surface area (Å²) in [5, 5.41) is 0. The number of carbonyl (C=O) groups is 2. The Morgan fingerprint density at radius 2 is 2.11 bits per heavy atom. The van der Waals surface area contributed by atoms with E-state index in [2.05, 4.69) is 5.92 Å². The van der Waals surface area contributed by atoms with Gasteiger partial charge in [-0.05, 0) is 27.2 Å². The van der Waals surface area contributed by atoms with Crippen LogP contribution in [0, 0.1) is 12.3 Å². The Bertz CT molecular complexity index is 379. The number of hydrogen-bond acceptors (Lipinski definition) is 3. The lowest BCUT2D eigenvalue weighted by Crippen LogP contribution is -2.53. The zero-order valence-electron chi connectivity index (χ0n) is 11.9. The van der Waals surface area contributed by atoms with Crippen LogP contribution < -0.4 is 0 Å². The molecule has 0 aliphatic carbocycles. The number of hydrogen-bond donors (Lipinski definition) is 0. The topological polar surface area (TPSA) is 49.9 Å². The number of piperazine rings is 1. The van der Waals surface area contributed by atoms with E-state index in [0.717, 1.165) is 6.42 Å². The number of terminal acetylenes is 1. The first-order valence-electron chi connectivity index (χ1n) is 6.52. The highest BCUT2D eigenvalue weighted by molar-refractivity contribution is 5.83. The summed E-state index contributed by atoms with van der Waals surface area (Å²) in [6.45, 7) is 7.23. The molecule has 1 aliphatic rings. The number of carbonyl (C=O) groups excluding carboxylic acids is 2. The molecule has 0 spiro atoms. The van der Waals surface area contributed by atoms with E-state index < -0.39 is 11.7 Å². The van der Waals surface area contributed by atoms with Crippen molar-refractivity contribution in [3.8, 4) is 12.3 Å². The van der Waals surface area contributed by atoms with Crippen LogP contribution in [0.1, 0.15) is 33.6 Å². The molecule has 0 N–H and O–H groups in total. The van der Waals surface area contributed by atoms with Crippen molar-refractivity contribution in [2.75, 3.05) is 26.2 Å². The molecule has 19 heavy (non-hydrogen) atoms. The van der Waals surface area contributed by atoms with Gasteiger partial charge >= 0.3 is 6.09 Å². The number of ether oxygens (including phenoxy) is 1. The lowest BCUT2D eigenvalue weighted by Gasteiger charge is -2.35. The molecule has 1 saturated heterocycles. The molecule has 1 fully saturated rings. The molecule has 106 valence electrons. The van der Waals surface area contributed by atoms with Gasteiger partial charge in [-0.2, -0.15) is 0 Å². The van der Waals surface area contributed by atoms with Gasteiger partial charge in [0.15, 0.2) is 0 Å². The van der Waals surface area contributed by atoms with Crippen LogP contribution >= 0.6 is 0 Å². The monoisotopic (exact) mass is 266 g/mol. The van der Waals surface area contributed by atoms with Crippen molar-refractivity contribution >= 4 is 12.0 Å². The molecule has 1 aliphatic heterocycles. The molecule has 0 aromatic heterocycles. The van der Waals surface area contributed by atoms with Gasteiger partial charge in [-0.1, -0.05) is 0 Å². The van der Waals surface area contributed by atoms with Crippen molar-refractivity contribution in [3.05, 3.63) is 0 Å². The molecule has 0 atom stereocenters. The molecular weight excluding hydrogens is 244 g/mol. The predicted octanol–water partition coefficient (Wildman–Crippen LogP) is 1.48. The molecule has 1 heterocycles. The van der Waals surface area contributed by atoms with Crippen LogP contribution in [0.5, 0.6) is 0 Å². The fraction of sp³-hybridized carbons (Fsp3) is 0.714. The third kappa shape index (κ3) is 5.21. The van der Waals surface area contributed by atoms with Crippen LogP contribution in [0.2, 0.25) is 0 Å². The highest BCUT2D eigenvalue weighted by atomic mass is 16.6. The maximum Gasteiger partial charge on any atom is 0.410 e. The van der Waals surface area contributed by atoms with Crippen molar-refractivity contribution < 1.29 is 14.3 Å². The molecule has 5 nitrogen and oxygen atoms in total. The molecular formula is C14H22N2O3. The van der Waals surface area contributed by atoms with Gasteiger partial charge in [-0.25, -0.2) is 4.79 Å². The summed E-state index contributed by atoms with van der Waals surface area (Å²) < 4.78 is 5.25. The van der Waals surface area contributed by atoms with Crippen molar-refractivity contribution in [1.29, 1.82) is 0 Å². The van der Waals surface area contributed by atoms with Gasteiger partial charge in [0.1, 0.15) is 12.1 Å². The maximum atomic E-state index is 11.9. The van der Waals surface area contributed by atoms with E-state index in [1.54, 1.807) is 4.90 Å². The van der Waals surface area contributed by atoms with Gasteiger partial charge in [-0.3, -0.25) is 9.69 Å². The minimum Gasteiger partial charge on any atom is -0.444 e. The minimum absolute atomic E-state index is 0.0471. The Kier molecular flexibility index (Phi) is 5.22. The smallest absolute Gasteiger partial charge is 0.410 e. The van der Waals surface area contributed by atoms with E-state index in [4.69, 9.17) is 11.2 Å². The molecule has 0 unspecified atom stereocenters. The number of rotatable bonds is 3. The van der Waals surface area contributed by atoms with Crippen LogP contribution in [0.15, 0.2) is 0 Å². The number of unbranched alkanes of at least 4 members (excludes halogenated alkanes) is 1. The van der Waals surface area contributed by atoms with Crippen molar-refractivity contribution in [3.63, 3.8) is 0 Å². The largest absolute Gasteiger partial charge is 0.444 e. The minimum atomic E-state index is -0.538. The van der Waals surface area contributed by atoms with Crippen molar-refractivity contribution in [1.82, 2.24) is 9.80 Å². The summed E-state index contributed by atoms with van der Waals surface area (Å²) in [5.41, 5.74) is -0.538. The van der Waals surface area contributed by atoms with Crippen LogP contribution in [-0.2, 0) is 9.53 Å². The molecule has 1 rings (SSSR count). The van der Waals surface area contributed by atoms with Gasteiger partial charge in [0.25, 0.3) is 0 Å². The van der Waals surface area contributed by atoms with Crippen molar-refractivity contribution in [2.24, 2.45) is 0 Å². The lowest BCUT2D eigenvalue weighted by molar-refractivity contribution is -0.135. The van der Waals surface area contributed by atoms with E-state index in [1.807, 2.05) is 20.8 Å². The van der Waals surface area contributed by atoms with Crippen molar-refractivity contribution in [2.45, 2.75) is 39.2 Å². The van der Waals surface area contributed by atoms with E-state index in [-0.39, 0.29) is 12.5 Å². The van der Waals surface area contributed by atoms with Gasteiger partial charge in [0.05, 0.1) is 0 Å². The lowest BCUT2D eigenvalue weighted by atomic mass is 10.2. The Morgan fingerprint density at radius 3 is 2.63 bits per heavy atom. The van der Waals surface area contributed by atoms with E-state index in [9.17, 15) is 9.59 Å². The summed E-state index contributed by atoms with van der Waals surface area (Å²) in [5.74, 6) is 2.51. The summed E-state index contributed by atoms with van der Waals surface area (Å²) in [6.07, 6.45) is 6.22. The van der Waals surface area contributed by atoms with Gasteiger partial charge in [0.2, 0.25) is 5.91 Å². The Hall–Kier alpha value is -1.70. The Morgan fingerprint density at radius 1 is 1.42 bits per heavy atom. The average Bonchev–Trinajstić information content (AvgIpc) is 2.29. The van der Waals surface area contributed by atoms with Crippen LogP contribution in [0.4, 0.5) is 4.79 Å². The second-order valence-electron chi connectivity index (χ2n) is 5.59. The first-order chi connectivity index (χ1) is 8.83. The van der Waals surface area contributed by atoms with E-state index >= 15 is 0 Å². The molecule has 2 amide bonds. The zero-order chi connectivity index (χ0) is 14.5. The van der Waals surface area contributed by atoms with Gasteiger partial charge in [0, 0.05) is 26.1 Å². The summed E-state index contributed by atoms with van der Waals surface area (Å²) >= 11 is 0. The Balaban J connectivity index is 2.43. The fourth-order valence-electron chi connectivity index (χ4n) is 1.80. The van der Waals surface area contributed by atoms with Crippen LogP contribution in [0.3, 0.4) is 0 Å². The highest BCUT2D eigenvalue weighted by Gasteiger charge is 2.29. The van der Waals surface area contributed by atoms with Gasteiger partial charge < -0.3 is 9.64 Å². The quantitative estimate of drug-likeness (QED) is 0.574. The normalized spacial score (nSPS) is 16.2. The van der Waals surface area contributed by atoms with E-state index in [0.29, 0.717) is 26.1 Å². The molecule has 5 heteroatoms. The second-order valence-corrected chi connectivity index (χ2v) is 5.59. The predicted molar refractivity (Wildman–Crippen MR) is 72.5 cm³/mol. The second kappa shape index (κ2) is 6.46. The fourth-order valence-corrected chi connectivity index (χ4v) is 1.80. The SMILES string of the molecule is C#CCCCN1CCN(C(=O)OC(C)(C)C)CC1=O. The third-order valence-corrected chi connectivity index (χ3v) is 2.72. The first kappa shape index (κ1) is 15.4. The molecule has 0 aromatic rings. The molecule has 0 saturated carbocycles. The number of amides is 2. The molecule has 0 radical (unpaired) electrons. The van der Waals surface area contributed by atoms with E-state index in [1.165, 1.54) is 4.90 Å². The zero-order valence-corrected chi connectivity index (χ0v) is 11.9. The van der Waals surface area contributed by atoms with Gasteiger partial charge in [-0.15, -0.1) is 12.3 Å². The standard InChI is InChI=1S/C14H22N2O3/c1-5-6-7-8-15-9-10-16(11-12(15)17)13(18)19-14(2,3)4/h1H,6-11H2,2-4H3. The molecule has 0 aromatic carbocycles.